The van der Waals surface area contributed by atoms with Crippen LogP contribution in [-0.2, 0) is 0 Å². The van der Waals surface area contributed by atoms with Crippen LogP contribution in [0.2, 0.25) is 0 Å². The molecule has 1 aliphatic heterocycles. The first kappa shape index (κ1) is 10.3. The fraction of sp³-hybridized carbons (Fsp3) is 0. The number of fused-ring (bicyclic) bond motifs is 7. The minimum atomic E-state index is -0.837. The summed E-state index contributed by atoms with van der Waals surface area (Å²) >= 11 is 0. The third-order valence-corrected chi connectivity index (χ3v) is 6.95. The van der Waals surface area contributed by atoms with E-state index in [4.69, 9.17) is 23.9 Å². The van der Waals surface area contributed by atoms with E-state index in [1.807, 2.05) is 0 Å². The molecule has 0 radical (unpaired) electrons. The molecule has 1 aromatic heterocycles. The highest BCUT2D eigenvalue weighted by Crippen LogP contribution is 2.49. The molecule has 8 aromatic rings. The van der Waals surface area contributed by atoms with Gasteiger partial charge in [-0.3, -0.25) is 0 Å². The summed E-state index contributed by atoms with van der Waals surface area (Å²) in [6.45, 7) is 0. The predicted molar refractivity (Wildman–Crippen MR) is 167 cm³/mol. The summed E-state index contributed by atoms with van der Waals surface area (Å²) in [4.78, 5) is 0. The molecular weight excluding hydrogens is 486 g/mol. The number of benzene rings is 7. The number of rotatable bonds is 2. The number of hydrogen-bond donors (Lipinski definition) is 0. The van der Waals surface area contributed by atoms with Crippen LogP contribution in [0, 0.1) is 0 Å². The maximum Gasteiger partial charge on any atom is 0.135 e. The van der Waals surface area contributed by atoms with Gasteiger partial charge in [-0.25, -0.2) is 0 Å². The Morgan fingerprint density at radius 3 is 2.35 bits per heavy atom. The molecule has 1 aliphatic rings. The fourth-order valence-corrected chi connectivity index (χ4v) is 5.26. The van der Waals surface area contributed by atoms with Gasteiger partial charge in [0.1, 0.15) is 11.5 Å². The smallest absolute Gasteiger partial charge is 0.135 e. The van der Waals surface area contributed by atoms with Crippen LogP contribution in [0.15, 0.2) is 139 Å². The number of para-hydroxylation sites is 2. The molecular formula is C38H23NO. The first-order chi connectivity index (χ1) is 27.8. The van der Waals surface area contributed by atoms with Crippen LogP contribution in [-0.4, -0.2) is 4.57 Å². The van der Waals surface area contributed by atoms with Gasteiger partial charge in [0.2, 0.25) is 0 Å². The van der Waals surface area contributed by atoms with Crippen molar-refractivity contribution in [2.45, 2.75) is 0 Å². The quantitative estimate of drug-likeness (QED) is 0.218. The zero-order valence-electron chi connectivity index (χ0n) is 39.2. The van der Waals surface area contributed by atoms with Gasteiger partial charge in [0, 0.05) is 32.8 Å². The first-order valence-electron chi connectivity index (χ1n) is 21.7. The van der Waals surface area contributed by atoms with Crippen molar-refractivity contribution in [3.05, 3.63) is 139 Å². The Hall–Kier alpha value is -5.34. The molecule has 0 bridgehead atoms. The highest BCUT2D eigenvalue weighted by Gasteiger charge is 2.22. The monoisotopic (exact) mass is 528 g/mol. The van der Waals surface area contributed by atoms with Crippen LogP contribution < -0.4 is 4.74 Å². The lowest BCUT2D eigenvalue weighted by Crippen LogP contribution is -1.97. The summed E-state index contributed by atoms with van der Waals surface area (Å²) < 4.78 is 177. The van der Waals surface area contributed by atoms with Crippen LogP contribution >= 0.6 is 0 Å². The number of aromatic nitrogens is 1. The average Bonchev–Trinajstić information content (AvgIpc) is 3.57. The lowest BCUT2D eigenvalue weighted by atomic mass is 9.90. The molecule has 7 aromatic carbocycles. The largest absolute Gasteiger partial charge is 0.456 e. The van der Waals surface area contributed by atoms with Crippen molar-refractivity contribution in [1.29, 1.82) is 0 Å². The third kappa shape index (κ3) is 2.93. The van der Waals surface area contributed by atoms with Crippen molar-refractivity contribution in [3.63, 3.8) is 0 Å². The van der Waals surface area contributed by atoms with E-state index in [0.29, 0.717) is 5.56 Å². The summed E-state index contributed by atoms with van der Waals surface area (Å²) in [5.74, 6) is -0.00925. The lowest BCUT2D eigenvalue weighted by Gasteiger charge is -2.22. The van der Waals surface area contributed by atoms with Crippen molar-refractivity contribution >= 4 is 43.4 Å². The van der Waals surface area contributed by atoms with Crippen LogP contribution in [0.3, 0.4) is 0 Å². The molecule has 9 rings (SSSR count). The second-order valence-corrected chi connectivity index (χ2v) is 9.06. The minimum absolute atomic E-state index is 0.0331. The molecule has 0 atom stereocenters. The predicted octanol–water partition coefficient (Wildman–Crippen LogP) is 10.5. The van der Waals surface area contributed by atoms with Crippen LogP contribution in [0.4, 0.5) is 0 Å². The van der Waals surface area contributed by atoms with Crippen LogP contribution in [0.25, 0.3) is 71.3 Å². The van der Waals surface area contributed by atoms with E-state index in [9.17, 15) is 6.85 Å². The molecule has 0 saturated heterocycles. The molecule has 0 amide bonds. The maximum absolute atomic E-state index is 9.81. The summed E-state index contributed by atoms with van der Waals surface area (Å²) in [7, 11) is 0. The van der Waals surface area contributed by atoms with Gasteiger partial charge in [0.15, 0.2) is 0 Å². The van der Waals surface area contributed by atoms with Crippen molar-refractivity contribution in [2.24, 2.45) is 0 Å². The van der Waals surface area contributed by atoms with E-state index in [2.05, 4.69) is 0 Å². The first-order valence-corrected chi connectivity index (χ1v) is 12.2. The molecule has 40 heavy (non-hydrogen) atoms. The van der Waals surface area contributed by atoms with Crippen molar-refractivity contribution in [3.8, 4) is 39.4 Å². The molecule has 0 unspecified atom stereocenters. The van der Waals surface area contributed by atoms with E-state index >= 15 is 0 Å². The van der Waals surface area contributed by atoms with Crippen molar-refractivity contribution in [1.82, 2.24) is 4.57 Å². The Kier molecular flexibility index (Phi) is 2.09. The topological polar surface area (TPSA) is 14.2 Å². The summed E-state index contributed by atoms with van der Waals surface area (Å²) in [5, 5.41) is -2.07. The van der Waals surface area contributed by atoms with Gasteiger partial charge in [-0.2, -0.15) is 0 Å². The Labute approximate surface area is 258 Å². The highest BCUT2D eigenvalue weighted by molar-refractivity contribution is 6.19. The highest BCUT2D eigenvalue weighted by atomic mass is 16.5. The zero-order valence-corrected chi connectivity index (χ0v) is 20.2. The van der Waals surface area contributed by atoms with Gasteiger partial charge in [0.05, 0.1) is 37.1 Å². The van der Waals surface area contributed by atoms with Gasteiger partial charge in [-0.15, -0.1) is 0 Å². The molecule has 2 nitrogen and oxygen atoms in total. The molecule has 0 spiro atoms. The molecule has 2 heterocycles. The summed E-state index contributed by atoms with van der Waals surface area (Å²) in [6, 6.07) is -7.41. The van der Waals surface area contributed by atoms with Gasteiger partial charge in [0.25, 0.3) is 0 Å². The normalized spacial score (nSPS) is 18.9. The lowest BCUT2D eigenvalue weighted by molar-refractivity contribution is 0.487. The molecule has 0 aliphatic carbocycles. The van der Waals surface area contributed by atoms with Crippen LogP contribution in [0.5, 0.6) is 11.5 Å². The van der Waals surface area contributed by atoms with Gasteiger partial charge in [-0.1, -0.05) is 103 Å². The second kappa shape index (κ2) is 8.08. The Morgan fingerprint density at radius 1 is 0.550 bits per heavy atom. The van der Waals surface area contributed by atoms with Gasteiger partial charge in [-0.05, 0) is 63.7 Å². The minimum Gasteiger partial charge on any atom is -0.456 e. The number of ether oxygens (including phenoxy) is 1. The Balaban J connectivity index is 1.59. The van der Waals surface area contributed by atoms with Crippen molar-refractivity contribution < 1.29 is 30.8 Å². The second-order valence-electron chi connectivity index (χ2n) is 9.06. The Morgan fingerprint density at radius 2 is 1.40 bits per heavy atom. The van der Waals surface area contributed by atoms with E-state index in [0.717, 1.165) is 4.57 Å². The standard InChI is InChI=1S/C38H23NO/c1-2-10-26(11-3-1)39-34-21-18-25(23-33(34)32-19-17-24-9-4-5-12-28(24)38(32)39)27-20-22-36-37-30(27)14-8-15-31(37)29-13-6-7-16-35(29)40-36/h1-23H/i1D,2D,3D,4D,5D,8D,9D,10D,11D,12D,14D,15D,17D,18D,19D,20D,21D,22D,23D. The maximum atomic E-state index is 9.81. The molecule has 2 heteroatoms. The van der Waals surface area contributed by atoms with E-state index in [1.54, 1.807) is 24.3 Å². The zero-order chi connectivity index (χ0) is 42.7. The number of hydrogen-bond acceptors (Lipinski definition) is 1. The van der Waals surface area contributed by atoms with Crippen molar-refractivity contribution in [2.75, 3.05) is 0 Å². The van der Waals surface area contributed by atoms with E-state index < -0.39 is 164 Å². The third-order valence-electron chi connectivity index (χ3n) is 6.95. The molecule has 0 saturated carbocycles. The summed E-state index contributed by atoms with van der Waals surface area (Å²) in [5.41, 5.74) is -2.16. The SMILES string of the molecule is [2H]c1c([2H])c([2H])c(-n2c3c([2H])c([2H])c(-c4c([2H])c([2H])c5c6c(c([2H])c([2H])c([2H])c46)-c4ccccc4O5)c([2H])c3c3c([2H])c([2H])c4c([2H])c([2H])c([2H])c([2H])c4c32)c([2H])c1[2H]. The van der Waals surface area contributed by atoms with Gasteiger partial charge >= 0.3 is 0 Å². The Bertz CT molecular complexity index is 3330. The molecule has 0 fully saturated rings. The number of nitrogens with zero attached hydrogens (tertiary/aromatic N) is 1. The molecule has 186 valence electrons. The van der Waals surface area contributed by atoms with E-state index in [-0.39, 0.29) is 27.8 Å². The summed E-state index contributed by atoms with van der Waals surface area (Å²) in [6.07, 6.45) is 0. The van der Waals surface area contributed by atoms with E-state index in [1.165, 1.54) is 0 Å². The molecule has 0 N–H and O–H groups in total. The van der Waals surface area contributed by atoms with Gasteiger partial charge < -0.3 is 9.30 Å². The average molecular weight is 529 g/mol. The fourth-order valence-electron chi connectivity index (χ4n) is 5.26. The van der Waals surface area contributed by atoms with Crippen LogP contribution in [0.1, 0.15) is 26.0 Å².